The third-order valence-corrected chi connectivity index (χ3v) is 8.27. The monoisotopic (exact) mass is 480 g/mol. The number of carbonyl (C=O) groups is 1. The summed E-state index contributed by atoms with van der Waals surface area (Å²) in [6.07, 6.45) is 21.4. The molecule has 0 bridgehead atoms. The lowest BCUT2D eigenvalue weighted by atomic mass is 9.75. The quantitative estimate of drug-likeness (QED) is 0.129. The Balaban J connectivity index is 1.27. The van der Waals surface area contributed by atoms with Gasteiger partial charge in [-0.2, -0.15) is 0 Å². The molecule has 2 aliphatic rings. The van der Waals surface area contributed by atoms with E-state index in [-0.39, 0.29) is 11.7 Å². The van der Waals surface area contributed by atoms with Crippen LogP contribution in [0.25, 0.3) is 0 Å². The molecule has 1 aromatic carbocycles. The number of ether oxygens (including phenoxy) is 1. The summed E-state index contributed by atoms with van der Waals surface area (Å²) >= 11 is 0. The highest BCUT2D eigenvalue weighted by molar-refractivity contribution is 5.75. The van der Waals surface area contributed by atoms with Crippen LogP contribution in [0.1, 0.15) is 116 Å². The Hall–Kier alpha value is -1.52. The molecule has 0 spiro atoms. The van der Waals surface area contributed by atoms with E-state index in [0.717, 1.165) is 49.7 Å². The molecule has 2 aliphatic carbocycles. The lowest BCUT2D eigenvalue weighted by Crippen LogP contribution is -2.26. The molecule has 2 nitrogen and oxygen atoms in total. The third-order valence-electron chi connectivity index (χ3n) is 8.27. The average molecular weight is 481 g/mol. The normalized spacial score (nSPS) is 25.3. The first-order chi connectivity index (χ1) is 16.5. The Bertz CT molecular complexity index is 727. The van der Waals surface area contributed by atoms with Gasteiger partial charge in [-0.25, -0.2) is 13.2 Å². The van der Waals surface area contributed by atoms with Gasteiger partial charge in [0, 0.05) is 12.1 Å². The van der Waals surface area contributed by atoms with Crippen molar-refractivity contribution in [2.45, 2.75) is 116 Å². The van der Waals surface area contributed by atoms with E-state index in [0.29, 0.717) is 5.92 Å². The highest BCUT2D eigenvalue weighted by Gasteiger charge is 2.29. The van der Waals surface area contributed by atoms with Gasteiger partial charge >= 0.3 is 5.97 Å². The maximum atomic E-state index is 13.3. The SMILES string of the molecule is CCCCCCCCC1CCC(CCC2CCC(C(=O)Oc3cc(F)c(F)c(F)c3)CC2)CC1. The maximum absolute atomic E-state index is 13.3. The van der Waals surface area contributed by atoms with Crippen molar-refractivity contribution in [2.24, 2.45) is 23.7 Å². The molecular formula is C29H43F3O2. The van der Waals surface area contributed by atoms with E-state index in [1.165, 1.54) is 83.5 Å². The van der Waals surface area contributed by atoms with Crippen LogP contribution in [0.5, 0.6) is 5.75 Å². The molecule has 0 heterocycles. The summed E-state index contributed by atoms with van der Waals surface area (Å²) in [7, 11) is 0. The molecule has 3 rings (SSSR count). The van der Waals surface area contributed by atoms with Gasteiger partial charge in [0.2, 0.25) is 0 Å². The van der Waals surface area contributed by atoms with Crippen LogP contribution in [0.2, 0.25) is 0 Å². The highest BCUT2D eigenvalue weighted by Crippen LogP contribution is 2.38. The second-order valence-corrected chi connectivity index (χ2v) is 10.9. The third kappa shape index (κ3) is 8.61. The molecule has 0 saturated heterocycles. The van der Waals surface area contributed by atoms with Crippen molar-refractivity contribution in [1.29, 1.82) is 0 Å². The van der Waals surface area contributed by atoms with Crippen molar-refractivity contribution in [3.63, 3.8) is 0 Å². The molecule has 0 unspecified atom stereocenters. The van der Waals surface area contributed by atoms with Gasteiger partial charge in [0.05, 0.1) is 5.92 Å². The van der Waals surface area contributed by atoms with Gasteiger partial charge < -0.3 is 4.74 Å². The molecule has 5 heteroatoms. The largest absolute Gasteiger partial charge is 0.426 e. The maximum Gasteiger partial charge on any atom is 0.314 e. The minimum Gasteiger partial charge on any atom is -0.426 e. The summed E-state index contributed by atoms with van der Waals surface area (Å²) in [5.74, 6) is -2.74. The van der Waals surface area contributed by atoms with Crippen molar-refractivity contribution >= 4 is 5.97 Å². The van der Waals surface area contributed by atoms with Crippen molar-refractivity contribution in [1.82, 2.24) is 0 Å². The smallest absolute Gasteiger partial charge is 0.314 e. The Kier molecular flexibility index (Phi) is 11.3. The number of halogens is 3. The van der Waals surface area contributed by atoms with Crippen LogP contribution in [0.15, 0.2) is 12.1 Å². The lowest BCUT2D eigenvalue weighted by molar-refractivity contribution is -0.140. The van der Waals surface area contributed by atoms with Gasteiger partial charge in [-0.05, 0) is 43.4 Å². The Morgan fingerprint density at radius 3 is 1.76 bits per heavy atom. The zero-order valence-corrected chi connectivity index (χ0v) is 20.9. The standard InChI is InChI=1S/C29H43F3O2/c1-2-3-4-5-6-7-8-21-9-11-22(12-10-21)13-14-23-15-17-24(18-16-23)29(33)34-25-19-26(30)28(32)27(31)20-25/h19-24H,2-18H2,1H3. The van der Waals surface area contributed by atoms with Gasteiger partial charge in [0.25, 0.3) is 0 Å². The van der Waals surface area contributed by atoms with Gasteiger partial charge in [0.15, 0.2) is 17.5 Å². The summed E-state index contributed by atoms with van der Waals surface area (Å²) < 4.78 is 44.9. The fraction of sp³-hybridized carbons (Fsp3) is 0.759. The number of rotatable bonds is 12. The van der Waals surface area contributed by atoms with Gasteiger partial charge in [0.1, 0.15) is 5.75 Å². The Morgan fingerprint density at radius 2 is 1.21 bits per heavy atom. The minimum absolute atomic E-state index is 0.246. The predicted octanol–water partition coefficient (Wildman–Crippen LogP) is 9.15. The lowest BCUT2D eigenvalue weighted by Gasteiger charge is -2.31. The van der Waals surface area contributed by atoms with Crippen molar-refractivity contribution in [3.05, 3.63) is 29.6 Å². The molecule has 34 heavy (non-hydrogen) atoms. The topological polar surface area (TPSA) is 26.3 Å². The fourth-order valence-electron chi connectivity index (χ4n) is 5.97. The van der Waals surface area contributed by atoms with Crippen LogP contribution < -0.4 is 4.74 Å². The molecule has 0 aliphatic heterocycles. The van der Waals surface area contributed by atoms with Crippen molar-refractivity contribution in [3.8, 4) is 5.75 Å². The molecule has 0 atom stereocenters. The number of carbonyl (C=O) groups excluding carboxylic acids is 1. The number of esters is 1. The molecule has 0 amide bonds. The Labute approximate surface area is 204 Å². The summed E-state index contributed by atoms with van der Waals surface area (Å²) in [5.41, 5.74) is 0. The van der Waals surface area contributed by atoms with Crippen LogP contribution >= 0.6 is 0 Å². The van der Waals surface area contributed by atoms with Crippen molar-refractivity contribution < 1.29 is 22.7 Å². The molecule has 0 N–H and O–H groups in total. The summed E-state index contributed by atoms with van der Waals surface area (Å²) in [5, 5.41) is 0. The fourth-order valence-corrected chi connectivity index (χ4v) is 5.97. The minimum atomic E-state index is -1.55. The van der Waals surface area contributed by atoms with Crippen LogP contribution in [-0.2, 0) is 4.79 Å². The predicted molar refractivity (Wildman–Crippen MR) is 130 cm³/mol. The summed E-state index contributed by atoms with van der Waals surface area (Å²) in [6.45, 7) is 2.27. The molecule has 2 saturated carbocycles. The first-order valence-corrected chi connectivity index (χ1v) is 13.8. The summed E-state index contributed by atoms with van der Waals surface area (Å²) in [4.78, 5) is 12.4. The molecule has 0 radical (unpaired) electrons. The highest BCUT2D eigenvalue weighted by atomic mass is 19.2. The van der Waals surface area contributed by atoms with E-state index in [1.807, 2.05) is 0 Å². The number of benzene rings is 1. The number of unbranched alkanes of at least 4 members (excludes halogenated alkanes) is 5. The molecule has 192 valence electrons. The average Bonchev–Trinajstić information content (AvgIpc) is 2.84. The van der Waals surface area contributed by atoms with E-state index >= 15 is 0 Å². The molecule has 1 aromatic rings. The molecule has 0 aromatic heterocycles. The van der Waals surface area contributed by atoms with Crippen molar-refractivity contribution in [2.75, 3.05) is 0 Å². The second-order valence-electron chi connectivity index (χ2n) is 10.9. The van der Waals surface area contributed by atoms with E-state index in [4.69, 9.17) is 4.74 Å². The van der Waals surface area contributed by atoms with Gasteiger partial charge in [-0.1, -0.05) is 90.4 Å². The first kappa shape index (κ1) is 27.1. The van der Waals surface area contributed by atoms with E-state index in [9.17, 15) is 18.0 Å². The van der Waals surface area contributed by atoms with Crippen LogP contribution in [0.4, 0.5) is 13.2 Å². The number of hydrogen-bond acceptors (Lipinski definition) is 2. The van der Waals surface area contributed by atoms with Crippen LogP contribution in [-0.4, -0.2) is 5.97 Å². The van der Waals surface area contributed by atoms with Gasteiger partial charge in [-0.15, -0.1) is 0 Å². The summed E-state index contributed by atoms with van der Waals surface area (Å²) in [6, 6.07) is 1.45. The van der Waals surface area contributed by atoms with E-state index in [1.54, 1.807) is 0 Å². The van der Waals surface area contributed by atoms with Gasteiger partial charge in [-0.3, -0.25) is 4.79 Å². The van der Waals surface area contributed by atoms with Crippen LogP contribution in [0.3, 0.4) is 0 Å². The zero-order chi connectivity index (χ0) is 24.3. The second kappa shape index (κ2) is 14.1. The van der Waals surface area contributed by atoms with E-state index < -0.39 is 23.4 Å². The first-order valence-electron chi connectivity index (χ1n) is 13.8. The molecule has 2 fully saturated rings. The van der Waals surface area contributed by atoms with E-state index in [2.05, 4.69) is 6.92 Å². The number of hydrogen-bond donors (Lipinski definition) is 0. The van der Waals surface area contributed by atoms with Crippen LogP contribution in [0, 0.1) is 41.1 Å². The zero-order valence-electron chi connectivity index (χ0n) is 20.9. The Morgan fingerprint density at radius 1 is 0.735 bits per heavy atom. The molecular weight excluding hydrogens is 437 g/mol.